The number of methoxy groups -OCH3 is 1. The van der Waals surface area contributed by atoms with E-state index in [1.165, 1.54) is 0 Å². The summed E-state index contributed by atoms with van der Waals surface area (Å²) in [7, 11) is 3.54. The highest BCUT2D eigenvalue weighted by molar-refractivity contribution is 6.30. The second kappa shape index (κ2) is 5.17. The molecule has 3 nitrogen and oxygen atoms in total. The molecule has 0 fully saturated rings. The molecule has 72 valence electrons. The quantitative estimate of drug-likeness (QED) is 0.803. The van der Waals surface area contributed by atoms with Crippen LogP contribution in [0.5, 0.6) is 0 Å². The molecule has 13 heavy (non-hydrogen) atoms. The number of nitrogens with zero attached hydrogens (tertiary/aromatic N) is 1. The monoisotopic (exact) mass is 200 g/mol. The van der Waals surface area contributed by atoms with Crippen molar-refractivity contribution < 1.29 is 4.74 Å². The second-order valence-corrected chi connectivity index (χ2v) is 3.13. The van der Waals surface area contributed by atoms with E-state index in [0.717, 1.165) is 5.69 Å². The van der Waals surface area contributed by atoms with Gasteiger partial charge in [0, 0.05) is 13.3 Å². The lowest BCUT2D eigenvalue weighted by atomic mass is 10.2. The number of hydrogen-bond acceptors (Lipinski definition) is 3. The van der Waals surface area contributed by atoms with Crippen LogP contribution in [0.1, 0.15) is 11.7 Å². The van der Waals surface area contributed by atoms with Crippen LogP contribution in [0.25, 0.3) is 0 Å². The first-order valence-electron chi connectivity index (χ1n) is 4.05. The van der Waals surface area contributed by atoms with Gasteiger partial charge in [-0.2, -0.15) is 0 Å². The van der Waals surface area contributed by atoms with Crippen molar-refractivity contribution in [2.75, 3.05) is 20.8 Å². The number of pyridine rings is 1. The van der Waals surface area contributed by atoms with Crippen molar-refractivity contribution in [1.29, 1.82) is 0 Å². The summed E-state index contributed by atoms with van der Waals surface area (Å²) in [5, 5.41) is 3.76. The Balaban J connectivity index is 2.73. The van der Waals surface area contributed by atoms with Gasteiger partial charge in [0.15, 0.2) is 0 Å². The summed E-state index contributed by atoms with van der Waals surface area (Å²) in [6, 6.07) is 3.84. The summed E-state index contributed by atoms with van der Waals surface area (Å²) in [4.78, 5) is 4.19. The molecule has 0 saturated heterocycles. The molecule has 0 bridgehead atoms. The zero-order valence-corrected chi connectivity index (χ0v) is 8.51. The summed E-state index contributed by atoms with van der Waals surface area (Å²) >= 11 is 5.72. The standard InChI is InChI=1S/C9H13ClN2O/c1-11-9(6-13-2)8-4-3-7(10)5-12-8/h3-5,9,11H,6H2,1-2H3. The van der Waals surface area contributed by atoms with Crippen molar-refractivity contribution in [3.05, 3.63) is 29.0 Å². The van der Waals surface area contributed by atoms with Gasteiger partial charge in [-0.15, -0.1) is 0 Å². The molecule has 0 radical (unpaired) electrons. The zero-order valence-electron chi connectivity index (χ0n) is 7.75. The Morgan fingerprint density at radius 1 is 1.62 bits per heavy atom. The molecule has 1 unspecified atom stereocenters. The van der Waals surface area contributed by atoms with Crippen LogP contribution >= 0.6 is 11.6 Å². The molecular formula is C9H13ClN2O. The summed E-state index contributed by atoms with van der Waals surface area (Å²) in [6.45, 7) is 0.602. The maximum Gasteiger partial charge on any atom is 0.0730 e. The van der Waals surface area contributed by atoms with E-state index in [1.807, 2.05) is 19.2 Å². The smallest absolute Gasteiger partial charge is 0.0730 e. The molecule has 1 aromatic heterocycles. The summed E-state index contributed by atoms with van der Waals surface area (Å²) in [5.74, 6) is 0. The van der Waals surface area contributed by atoms with Crippen LogP contribution in [0.15, 0.2) is 18.3 Å². The van der Waals surface area contributed by atoms with Gasteiger partial charge < -0.3 is 10.1 Å². The van der Waals surface area contributed by atoms with E-state index in [-0.39, 0.29) is 6.04 Å². The zero-order chi connectivity index (χ0) is 9.68. The fourth-order valence-corrected chi connectivity index (χ4v) is 1.19. The van der Waals surface area contributed by atoms with Gasteiger partial charge in [0.05, 0.1) is 23.4 Å². The van der Waals surface area contributed by atoms with Gasteiger partial charge in [0.2, 0.25) is 0 Å². The topological polar surface area (TPSA) is 34.1 Å². The number of halogens is 1. The Hall–Kier alpha value is -0.640. The van der Waals surface area contributed by atoms with E-state index in [2.05, 4.69) is 10.3 Å². The summed E-state index contributed by atoms with van der Waals surface area (Å²) in [5.41, 5.74) is 0.939. The van der Waals surface area contributed by atoms with Crippen molar-refractivity contribution in [2.24, 2.45) is 0 Å². The van der Waals surface area contributed by atoms with Gasteiger partial charge in [-0.05, 0) is 19.2 Å². The minimum Gasteiger partial charge on any atom is -0.383 e. The lowest BCUT2D eigenvalue weighted by molar-refractivity contribution is 0.169. The van der Waals surface area contributed by atoms with Crippen LogP contribution < -0.4 is 5.32 Å². The van der Waals surface area contributed by atoms with Crippen LogP contribution in [0.4, 0.5) is 0 Å². The van der Waals surface area contributed by atoms with Crippen molar-refractivity contribution >= 4 is 11.6 Å². The molecule has 1 heterocycles. The first-order valence-corrected chi connectivity index (χ1v) is 4.43. The Morgan fingerprint density at radius 3 is 2.85 bits per heavy atom. The molecule has 0 spiro atoms. The largest absolute Gasteiger partial charge is 0.383 e. The number of nitrogens with one attached hydrogen (secondary N) is 1. The summed E-state index contributed by atoms with van der Waals surface area (Å²) in [6.07, 6.45) is 1.64. The Kier molecular flexibility index (Phi) is 4.15. The van der Waals surface area contributed by atoms with Crippen LogP contribution in [0.3, 0.4) is 0 Å². The second-order valence-electron chi connectivity index (χ2n) is 2.70. The van der Waals surface area contributed by atoms with Crippen LogP contribution in [0.2, 0.25) is 5.02 Å². The van der Waals surface area contributed by atoms with Crippen molar-refractivity contribution in [1.82, 2.24) is 10.3 Å². The molecule has 1 rings (SSSR count). The third-order valence-corrected chi connectivity index (χ3v) is 2.01. The molecule has 4 heteroatoms. The molecular weight excluding hydrogens is 188 g/mol. The van der Waals surface area contributed by atoms with Crippen molar-refractivity contribution in [3.63, 3.8) is 0 Å². The van der Waals surface area contributed by atoms with Gasteiger partial charge in [-0.1, -0.05) is 11.6 Å². The van der Waals surface area contributed by atoms with E-state index in [1.54, 1.807) is 13.3 Å². The maximum absolute atomic E-state index is 5.72. The molecule has 0 aromatic carbocycles. The SMILES string of the molecule is CNC(COC)c1ccc(Cl)cn1. The third kappa shape index (κ3) is 2.95. The Morgan fingerprint density at radius 2 is 2.38 bits per heavy atom. The number of ether oxygens (including phenoxy) is 1. The van der Waals surface area contributed by atoms with E-state index >= 15 is 0 Å². The highest BCUT2D eigenvalue weighted by atomic mass is 35.5. The first-order chi connectivity index (χ1) is 6.27. The molecule has 0 aliphatic heterocycles. The Labute approximate surface area is 83.1 Å². The van der Waals surface area contributed by atoms with Gasteiger partial charge in [-0.25, -0.2) is 0 Å². The Bertz CT molecular complexity index is 250. The first kappa shape index (κ1) is 10.4. The van der Waals surface area contributed by atoms with Crippen molar-refractivity contribution in [3.8, 4) is 0 Å². The maximum atomic E-state index is 5.72. The van der Waals surface area contributed by atoms with Gasteiger partial charge in [0.1, 0.15) is 0 Å². The minimum absolute atomic E-state index is 0.127. The van der Waals surface area contributed by atoms with Crippen LogP contribution in [-0.2, 0) is 4.74 Å². The fraction of sp³-hybridized carbons (Fsp3) is 0.444. The fourth-order valence-electron chi connectivity index (χ4n) is 1.08. The van der Waals surface area contributed by atoms with E-state index in [9.17, 15) is 0 Å². The van der Waals surface area contributed by atoms with E-state index in [0.29, 0.717) is 11.6 Å². The molecule has 1 aromatic rings. The van der Waals surface area contributed by atoms with Crippen LogP contribution in [-0.4, -0.2) is 25.7 Å². The number of hydrogen-bond donors (Lipinski definition) is 1. The normalized spacial score (nSPS) is 12.8. The highest BCUT2D eigenvalue weighted by Gasteiger charge is 2.09. The summed E-state index contributed by atoms with van der Waals surface area (Å²) < 4.78 is 5.04. The van der Waals surface area contributed by atoms with Gasteiger partial charge in [0.25, 0.3) is 0 Å². The minimum atomic E-state index is 0.127. The molecule has 0 aliphatic carbocycles. The molecule has 1 atom stereocenters. The van der Waals surface area contributed by atoms with Crippen molar-refractivity contribution in [2.45, 2.75) is 6.04 Å². The number of rotatable bonds is 4. The predicted octanol–water partition coefficient (Wildman–Crippen LogP) is 1.64. The van der Waals surface area contributed by atoms with Gasteiger partial charge in [-0.3, -0.25) is 4.98 Å². The average molecular weight is 201 g/mol. The molecule has 0 amide bonds. The number of aromatic nitrogens is 1. The molecule has 1 N–H and O–H groups in total. The third-order valence-electron chi connectivity index (χ3n) is 1.79. The lowest BCUT2D eigenvalue weighted by Gasteiger charge is -2.13. The van der Waals surface area contributed by atoms with Gasteiger partial charge >= 0.3 is 0 Å². The molecule has 0 saturated carbocycles. The lowest BCUT2D eigenvalue weighted by Crippen LogP contribution is -2.22. The number of likely N-dealkylation sites (N-methyl/N-ethyl adjacent to an activating group) is 1. The van der Waals surface area contributed by atoms with E-state index < -0.39 is 0 Å². The highest BCUT2D eigenvalue weighted by Crippen LogP contribution is 2.12. The molecule has 0 aliphatic rings. The van der Waals surface area contributed by atoms with Crippen LogP contribution in [0, 0.1) is 0 Å². The van der Waals surface area contributed by atoms with E-state index in [4.69, 9.17) is 16.3 Å². The predicted molar refractivity (Wildman–Crippen MR) is 52.9 cm³/mol. The average Bonchev–Trinajstić information content (AvgIpc) is 2.16.